The summed E-state index contributed by atoms with van der Waals surface area (Å²) in [6, 6.07) is 18.9. The highest BCUT2D eigenvalue weighted by Crippen LogP contribution is 2.32. The van der Waals surface area contributed by atoms with Crippen LogP contribution in [0.1, 0.15) is 17.2 Å². The molecule has 2 N–H and O–H groups in total. The fourth-order valence-electron chi connectivity index (χ4n) is 2.55. The molecule has 0 aliphatic carbocycles. The van der Waals surface area contributed by atoms with E-state index in [2.05, 4.69) is 53.2 Å². The highest BCUT2D eigenvalue weighted by Gasteiger charge is 2.29. The van der Waals surface area contributed by atoms with Gasteiger partial charge >= 0.3 is 0 Å². The number of benzene rings is 2. The van der Waals surface area contributed by atoms with Crippen molar-refractivity contribution in [1.29, 1.82) is 0 Å². The number of aryl methyl sites for hydroxylation is 1. The maximum Gasteiger partial charge on any atom is 0.196 e. The van der Waals surface area contributed by atoms with Crippen LogP contribution in [-0.4, -0.2) is 12.5 Å². The van der Waals surface area contributed by atoms with Gasteiger partial charge in [-0.05, 0) is 24.1 Å². The van der Waals surface area contributed by atoms with Crippen molar-refractivity contribution < 1.29 is 0 Å². The molecular formula is C16H17N3. The maximum atomic E-state index is 6.08. The Hall–Kier alpha value is -2.29. The van der Waals surface area contributed by atoms with E-state index in [4.69, 9.17) is 5.73 Å². The second-order valence-electron chi connectivity index (χ2n) is 4.78. The molecule has 0 spiro atoms. The van der Waals surface area contributed by atoms with E-state index in [1.165, 1.54) is 11.1 Å². The summed E-state index contributed by atoms with van der Waals surface area (Å²) >= 11 is 0. The Morgan fingerprint density at radius 2 is 1.74 bits per heavy atom. The zero-order valence-electron chi connectivity index (χ0n) is 11.0. The van der Waals surface area contributed by atoms with Gasteiger partial charge in [0.1, 0.15) is 0 Å². The first-order chi connectivity index (χ1) is 9.27. The summed E-state index contributed by atoms with van der Waals surface area (Å²) in [7, 11) is 0. The fourth-order valence-corrected chi connectivity index (χ4v) is 2.55. The Morgan fingerprint density at radius 1 is 1.05 bits per heavy atom. The zero-order valence-corrected chi connectivity index (χ0v) is 11.0. The minimum absolute atomic E-state index is 0.197. The number of nitrogens with two attached hydrogens (primary N) is 1. The monoisotopic (exact) mass is 251 g/mol. The minimum atomic E-state index is 0.197. The van der Waals surface area contributed by atoms with E-state index in [0.717, 1.165) is 5.69 Å². The molecule has 0 radical (unpaired) electrons. The van der Waals surface area contributed by atoms with Gasteiger partial charge in [-0.3, -0.25) is 4.99 Å². The third-order valence-electron chi connectivity index (χ3n) is 3.54. The largest absolute Gasteiger partial charge is 0.369 e. The van der Waals surface area contributed by atoms with E-state index >= 15 is 0 Å². The van der Waals surface area contributed by atoms with Crippen LogP contribution in [-0.2, 0) is 0 Å². The molecule has 1 heterocycles. The van der Waals surface area contributed by atoms with E-state index < -0.39 is 0 Å². The predicted octanol–water partition coefficient (Wildman–Crippen LogP) is 2.87. The van der Waals surface area contributed by atoms with E-state index in [9.17, 15) is 0 Å². The Bertz CT molecular complexity index is 604. The van der Waals surface area contributed by atoms with Crippen molar-refractivity contribution in [2.24, 2.45) is 10.7 Å². The van der Waals surface area contributed by atoms with Gasteiger partial charge in [0.25, 0.3) is 0 Å². The molecule has 0 fully saturated rings. The summed E-state index contributed by atoms with van der Waals surface area (Å²) in [5.74, 6) is 0.600. The quantitative estimate of drug-likeness (QED) is 0.891. The maximum absolute atomic E-state index is 6.08. The van der Waals surface area contributed by atoms with Gasteiger partial charge in [-0.15, -0.1) is 0 Å². The Balaban J connectivity index is 2.02. The molecule has 2 aromatic carbocycles. The number of nitrogens with zero attached hydrogens (tertiary/aromatic N) is 2. The average Bonchev–Trinajstić information content (AvgIpc) is 2.82. The van der Waals surface area contributed by atoms with Crippen LogP contribution in [0.15, 0.2) is 59.6 Å². The molecule has 2 aromatic rings. The zero-order chi connectivity index (χ0) is 13.2. The van der Waals surface area contributed by atoms with Gasteiger partial charge in [0, 0.05) is 5.69 Å². The molecule has 0 bridgehead atoms. The SMILES string of the molecule is Cc1ccccc1N1C(N)=NCC1c1ccccc1. The second kappa shape index (κ2) is 4.76. The fraction of sp³-hybridized carbons (Fsp3) is 0.188. The lowest BCUT2D eigenvalue weighted by atomic mass is 10.0. The summed E-state index contributed by atoms with van der Waals surface area (Å²) in [5, 5.41) is 0. The van der Waals surface area contributed by atoms with Crippen LogP contribution in [0.2, 0.25) is 0 Å². The lowest BCUT2D eigenvalue weighted by Crippen LogP contribution is -2.36. The smallest absolute Gasteiger partial charge is 0.196 e. The van der Waals surface area contributed by atoms with E-state index in [0.29, 0.717) is 12.5 Å². The van der Waals surface area contributed by atoms with Crippen LogP contribution in [0.3, 0.4) is 0 Å². The molecule has 19 heavy (non-hydrogen) atoms. The number of anilines is 1. The number of aliphatic imine (C=N–C) groups is 1. The van der Waals surface area contributed by atoms with E-state index in [1.807, 2.05) is 18.2 Å². The number of rotatable bonds is 2. The second-order valence-corrected chi connectivity index (χ2v) is 4.78. The lowest BCUT2D eigenvalue weighted by Gasteiger charge is -2.28. The van der Waals surface area contributed by atoms with Crippen LogP contribution in [0.25, 0.3) is 0 Å². The van der Waals surface area contributed by atoms with E-state index in [-0.39, 0.29) is 6.04 Å². The molecule has 0 aromatic heterocycles. The highest BCUT2D eigenvalue weighted by atomic mass is 15.3. The standard InChI is InChI=1S/C16H17N3/c1-12-7-5-6-10-14(12)19-15(11-18-16(19)17)13-8-3-2-4-9-13/h2-10,15H,11H2,1H3,(H2,17,18). The third-order valence-corrected chi connectivity index (χ3v) is 3.54. The first kappa shape index (κ1) is 11.8. The van der Waals surface area contributed by atoms with Gasteiger partial charge in [-0.2, -0.15) is 0 Å². The first-order valence-electron chi connectivity index (χ1n) is 6.47. The Kier molecular flexibility index (Phi) is 2.95. The van der Waals surface area contributed by atoms with Crippen LogP contribution >= 0.6 is 0 Å². The topological polar surface area (TPSA) is 41.6 Å². The van der Waals surface area contributed by atoms with Crippen LogP contribution < -0.4 is 10.6 Å². The van der Waals surface area contributed by atoms with Crippen molar-refractivity contribution in [3.05, 3.63) is 65.7 Å². The molecule has 96 valence electrons. The molecule has 3 heteroatoms. The third kappa shape index (κ3) is 2.08. The molecule has 1 atom stereocenters. The Labute approximate surface area is 113 Å². The average molecular weight is 251 g/mol. The number of hydrogen-bond donors (Lipinski definition) is 1. The highest BCUT2D eigenvalue weighted by molar-refractivity contribution is 5.98. The van der Waals surface area contributed by atoms with Crippen molar-refractivity contribution >= 4 is 11.6 Å². The molecule has 0 saturated heterocycles. The summed E-state index contributed by atoms with van der Waals surface area (Å²) in [5.41, 5.74) is 9.67. The number of hydrogen-bond acceptors (Lipinski definition) is 3. The number of para-hydroxylation sites is 1. The van der Waals surface area contributed by atoms with Gasteiger partial charge in [0.15, 0.2) is 5.96 Å². The molecule has 1 aliphatic rings. The molecule has 3 rings (SSSR count). The molecule has 3 nitrogen and oxygen atoms in total. The molecule has 0 saturated carbocycles. The Morgan fingerprint density at radius 3 is 2.47 bits per heavy atom. The summed E-state index contributed by atoms with van der Waals surface area (Å²) in [4.78, 5) is 6.54. The van der Waals surface area contributed by atoms with Gasteiger partial charge < -0.3 is 10.6 Å². The first-order valence-corrected chi connectivity index (χ1v) is 6.47. The predicted molar refractivity (Wildman–Crippen MR) is 79.3 cm³/mol. The van der Waals surface area contributed by atoms with Crippen molar-refractivity contribution in [2.75, 3.05) is 11.4 Å². The van der Waals surface area contributed by atoms with Crippen LogP contribution in [0.5, 0.6) is 0 Å². The summed E-state index contributed by atoms with van der Waals surface area (Å²) in [6.07, 6.45) is 0. The molecule has 1 unspecified atom stereocenters. The molecule has 1 aliphatic heterocycles. The van der Waals surface area contributed by atoms with Gasteiger partial charge in [0.2, 0.25) is 0 Å². The van der Waals surface area contributed by atoms with Crippen molar-refractivity contribution in [3.8, 4) is 0 Å². The lowest BCUT2D eigenvalue weighted by molar-refractivity contribution is 0.767. The molecule has 0 amide bonds. The van der Waals surface area contributed by atoms with Gasteiger partial charge in [-0.1, -0.05) is 48.5 Å². The van der Waals surface area contributed by atoms with Crippen molar-refractivity contribution in [2.45, 2.75) is 13.0 Å². The summed E-state index contributed by atoms with van der Waals surface area (Å²) in [6.45, 7) is 2.81. The van der Waals surface area contributed by atoms with Crippen molar-refractivity contribution in [1.82, 2.24) is 0 Å². The normalized spacial score (nSPS) is 18.5. The van der Waals surface area contributed by atoms with Gasteiger partial charge in [-0.25, -0.2) is 0 Å². The van der Waals surface area contributed by atoms with E-state index in [1.54, 1.807) is 0 Å². The van der Waals surface area contributed by atoms with Gasteiger partial charge in [0.05, 0.1) is 12.6 Å². The molecular weight excluding hydrogens is 234 g/mol. The number of guanidine groups is 1. The van der Waals surface area contributed by atoms with Crippen molar-refractivity contribution in [3.63, 3.8) is 0 Å². The minimum Gasteiger partial charge on any atom is -0.369 e. The summed E-state index contributed by atoms with van der Waals surface area (Å²) < 4.78 is 0. The van der Waals surface area contributed by atoms with Crippen LogP contribution in [0, 0.1) is 6.92 Å². The van der Waals surface area contributed by atoms with Crippen LogP contribution in [0.4, 0.5) is 5.69 Å².